The molecule has 0 aliphatic rings. The second-order valence-corrected chi connectivity index (χ2v) is 6.90. The van der Waals surface area contributed by atoms with E-state index in [1.165, 1.54) is 11.1 Å². The third kappa shape index (κ3) is 5.60. The minimum absolute atomic E-state index is 0.132. The van der Waals surface area contributed by atoms with Crippen molar-refractivity contribution in [1.29, 1.82) is 0 Å². The predicted octanol–water partition coefficient (Wildman–Crippen LogP) is 4.35. The number of methoxy groups -OCH3 is 1. The number of hydrogen-bond donors (Lipinski definition) is 1. The smallest absolute Gasteiger partial charge is 0.261 e. The molecule has 0 saturated heterocycles. The van der Waals surface area contributed by atoms with E-state index < -0.39 is 6.10 Å². The lowest BCUT2D eigenvalue weighted by atomic mass is 9.98. The van der Waals surface area contributed by atoms with E-state index >= 15 is 0 Å². The van der Waals surface area contributed by atoms with Gasteiger partial charge in [-0.2, -0.15) is 0 Å². The summed E-state index contributed by atoms with van der Waals surface area (Å²) in [7, 11) is 1.67. The molecule has 0 aliphatic heterocycles. The third-order valence-corrected chi connectivity index (χ3v) is 4.31. The van der Waals surface area contributed by atoms with Crippen molar-refractivity contribution in [3.8, 4) is 5.75 Å². The Balaban J connectivity index is 1.91. The first-order chi connectivity index (χ1) is 12.4. The fraction of sp³-hybridized carbons (Fsp3) is 0.409. The van der Waals surface area contributed by atoms with E-state index in [0.29, 0.717) is 19.1 Å². The van der Waals surface area contributed by atoms with Gasteiger partial charge in [-0.3, -0.25) is 4.79 Å². The van der Waals surface area contributed by atoms with Crippen molar-refractivity contribution >= 4 is 5.91 Å². The molecule has 1 unspecified atom stereocenters. The number of carbonyl (C=O) groups excluding carboxylic acids is 1. The highest BCUT2D eigenvalue weighted by molar-refractivity contribution is 5.80. The molecule has 0 fully saturated rings. The van der Waals surface area contributed by atoms with Gasteiger partial charge in [0.15, 0.2) is 6.10 Å². The lowest BCUT2D eigenvalue weighted by Gasteiger charge is -2.17. The van der Waals surface area contributed by atoms with Crippen LogP contribution in [0.1, 0.15) is 48.9 Å². The van der Waals surface area contributed by atoms with Crippen LogP contribution in [0.5, 0.6) is 5.75 Å². The van der Waals surface area contributed by atoms with Gasteiger partial charge in [-0.05, 0) is 54.2 Å². The SMILES string of the molecule is COCc1cccc(CNC(=O)C(C)Oc2ccc(C(C)C)c(C)c2)c1. The van der Waals surface area contributed by atoms with E-state index in [-0.39, 0.29) is 5.91 Å². The van der Waals surface area contributed by atoms with Gasteiger partial charge in [-0.25, -0.2) is 0 Å². The molecule has 2 aromatic carbocycles. The van der Waals surface area contributed by atoms with Gasteiger partial charge in [0.25, 0.3) is 5.91 Å². The van der Waals surface area contributed by atoms with Crippen molar-refractivity contribution in [3.63, 3.8) is 0 Å². The van der Waals surface area contributed by atoms with Gasteiger partial charge in [-0.15, -0.1) is 0 Å². The van der Waals surface area contributed by atoms with Crippen LogP contribution in [0.2, 0.25) is 0 Å². The number of benzene rings is 2. The van der Waals surface area contributed by atoms with Crippen molar-refractivity contribution < 1.29 is 14.3 Å². The van der Waals surface area contributed by atoms with Gasteiger partial charge < -0.3 is 14.8 Å². The van der Waals surface area contributed by atoms with Crippen LogP contribution in [0.4, 0.5) is 0 Å². The summed E-state index contributed by atoms with van der Waals surface area (Å²) >= 11 is 0. The van der Waals surface area contributed by atoms with Crippen LogP contribution in [0.25, 0.3) is 0 Å². The van der Waals surface area contributed by atoms with Crippen molar-refractivity contribution in [3.05, 3.63) is 64.7 Å². The van der Waals surface area contributed by atoms with E-state index in [9.17, 15) is 4.79 Å². The minimum Gasteiger partial charge on any atom is -0.481 e. The molecule has 140 valence electrons. The summed E-state index contributed by atoms with van der Waals surface area (Å²) < 4.78 is 10.9. The van der Waals surface area contributed by atoms with Gasteiger partial charge >= 0.3 is 0 Å². The summed E-state index contributed by atoms with van der Waals surface area (Å²) in [5.41, 5.74) is 4.60. The fourth-order valence-electron chi connectivity index (χ4n) is 2.96. The molecule has 2 aromatic rings. The normalized spacial score (nSPS) is 12.1. The van der Waals surface area contributed by atoms with Crippen LogP contribution in [0.15, 0.2) is 42.5 Å². The van der Waals surface area contributed by atoms with Gasteiger partial charge in [0.05, 0.1) is 6.61 Å². The Bertz CT molecular complexity index is 740. The van der Waals surface area contributed by atoms with Crippen LogP contribution >= 0.6 is 0 Å². The summed E-state index contributed by atoms with van der Waals surface area (Å²) in [6.07, 6.45) is -0.554. The minimum atomic E-state index is -0.554. The van der Waals surface area contributed by atoms with Crippen LogP contribution in [-0.2, 0) is 22.7 Å². The quantitative estimate of drug-likeness (QED) is 0.766. The Morgan fingerprint density at radius 2 is 1.81 bits per heavy atom. The first kappa shape index (κ1) is 20.0. The summed E-state index contributed by atoms with van der Waals surface area (Å²) in [6.45, 7) is 9.20. The monoisotopic (exact) mass is 355 g/mol. The zero-order valence-corrected chi connectivity index (χ0v) is 16.3. The van der Waals surface area contributed by atoms with Crippen LogP contribution in [0.3, 0.4) is 0 Å². The van der Waals surface area contributed by atoms with Gasteiger partial charge in [0.1, 0.15) is 5.75 Å². The van der Waals surface area contributed by atoms with Gasteiger partial charge in [0.2, 0.25) is 0 Å². The van der Waals surface area contributed by atoms with Gasteiger partial charge in [0, 0.05) is 13.7 Å². The summed E-state index contributed by atoms with van der Waals surface area (Å²) in [4.78, 5) is 12.3. The van der Waals surface area contributed by atoms with Crippen molar-refractivity contribution in [2.75, 3.05) is 7.11 Å². The average molecular weight is 355 g/mol. The molecular formula is C22H29NO3. The molecule has 0 aliphatic carbocycles. The molecule has 4 heteroatoms. The zero-order valence-electron chi connectivity index (χ0n) is 16.3. The van der Waals surface area contributed by atoms with E-state index in [4.69, 9.17) is 9.47 Å². The van der Waals surface area contributed by atoms with Crippen molar-refractivity contribution in [2.45, 2.75) is 52.9 Å². The van der Waals surface area contributed by atoms with E-state index in [1.54, 1.807) is 14.0 Å². The predicted molar refractivity (Wildman–Crippen MR) is 104 cm³/mol. The molecule has 0 bridgehead atoms. The van der Waals surface area contributed by atoms with E-state index in [0.717, 1.165) is 16.9 Å². The number of aryl methyl sites for hydroxylation is 1. The summed E-state index contributed by atoms with van der Waals surface area (Å²) in [5, 5.41) is 2.93. The Morgan fingerprint density at radius 1 is 1.08 bits per heavy atom. The molecule has 1 N–H and O–H groups in total. The number of hydrogen-bond acceptors (Lipinski definition) is 3. The number of carbonyl (C=O) groups is 1. The summed E-state index contributed by atoms with van der Waals surface area (Å²) in [6, 6.07) is 14.0. The number of ether oxygens (including phenoxy) is 2. The first-order valence-electron chi connectivity index (χ1n) is 9.02. The highest BCUT2D eigenvalue weighted by atomic mass is 16.5. The lowest BCUT2D eigenvalue weighted by Crippen LogP contribution is -2.35. The second-order valence-electron chi connectivity index (χ2n) is 6.90. The maximum Gasteiger partial charge on any atom is 0.261 e. The Hall–Kier alpha value is -2.33. The largest absolute Gasteiger partial charge is 0.481 e. The topological polar surface area (TPSA) is 47.6 Å². The molecule has 4 nitrogen and oxygen atoms in total. The molecule has 2 rings (SSSR count). The lowest BCUT2D eigenvalue weighted by molar-refractivity contribution is -0.127. The molecule has 0 aromatic heterocycles. The number of amides is 1. The van der Waals surface area contributed by atoms with Crippen molar-refractivity contribution in [2.24, 2.45) is 0 Å². The van der Waals surface area contributed by atoms with E-state index in [2.05, 4.69) is 32.2 Å². The molecule has 0 spiro atoms. The second kappa shape index (κ2) is 9.39. The van der Waals surface area contributed by atoms with Crippen molar-refractivity contribution in [1.82, 2.24) is 5.32 Å². The maximum atomic E-state index is 12.3. The molecule has 1 amide bonds. The molecular weight excluding hydrogens is 326 g/mol. The highest BCUT2D eigenvalue weighted by Crippen LogP contribution is 2.24. The third-order valence-electron chi connectivity index (χ3n) is 4.31. The maximum absolute atomic E-state index is 12.3. The molecule has 1 atom stereocenters. The van der Waals surface area contributed by atoms with Gasteiger partial charge in [-0.1, -0.05) is 44.2 Å². The number of nitrogens with one attached hydrogen (secondary N) is 1. The Labute approximate surface area is 156 Å². The molecule has 0 heterocycles. The molecule has 0 radical (unpaired) electrons. The van der Waals surface area contributed by atoms with Crippen LogP contribution in [-0.4, -0.2) is 19.1 Å². The average Bonchev–Trinajstić information content (AvgIpc) is 2.60. The Morgan fingerprint density at radius 3 is 2.46 bits per heavy atom. The standard InChI is InChI=1S/C22H29NO3/c1-15(2)21-10-9-20(11-16(21)3)26-17(4)22(24)23-13-18-7-6-8-19(12-18)14-25-5/h6-12,15,17H,13-14H2,1-5H3,(H,23,24). The summed E-state index contributed by atoms with van der Waals surface area (Å²) in [5.74, 6) is 1.06. The van der Waals surface area contributed by atoms with Crippen LogP contribution in [0, 0.1) is 6.92 Å². The van der Waals surface area contributed by atoms with Crippen LogP contribution < -0.4 is 10.1 Å². The zero-order chi connectivity index (χ0) is 19.1. The number of rotatable bonds is 8. The van der Waals surface area contributed by atoms with E-state index in [1.807, 2.05) is 36.4 Å². The Kier molecular flexibility index (Phi) is 7.22. The fourth-order valence-corrected chi connectivity index (χ4v) is 2.96. The molecule has 26 heavy (non-hydrogen) atoms. The molecule has 0 saturated carbocycles. The first-order valence-corrected chi connectivity index (χ1v) is 9.02. The highest BCUT2D eigenvalue weighted by Gasteiger charge is 2.15.